The lowest BCUT2D eigenvalue weighted by molar-refractivity contribution is -0.145. The second kappa shape index (κ2) is 7.58. The first-order valence-corrected chi connectivity index (χ1v) is 9.78. The molecule has 0 radical (unpaired) electrons. The highest BCUT2D eigenvalue weighted by molar-refractivity contribution is 5.94. The van der Waals surface area contributed by atoms with Crippen molar-refractivity contribution in [2.75, 3.05) is 0 Å². The quantitative estimate of drug-likeness (QED) is 0.397. The van der Waals surface area contributed by atoms with E-state index in [4.69, 9.17) is 5.11 Å². The number of fused-ring (bicyclic) bond motifs is 2. The molecule has 0 aliphatic rings. The van der Waals surface area contributed by atoms with Crippen LogP contribution in [0.15, 0.2) is 30.5 Å². The lowest BCUT2D eigenvalue weighted by Crippen LogP contribution is -2.28. The van der Waals surface area contributed by atoms with Gasteiger partial charge in [-0.2, -0.15) is 10.4 Å². The van der Waals surface area contributed by atoms with Crippen LogP contribution in [0.1, 0.15) is 37.9 Å². The molecule has 0 saturated carbocycles. The third-order valence-electron chi connectivity index (χ3n) is 5.41. The molecule has 0 aliphatic carbocycles. The smallest absolute Gasteiger partial charge is 0.309 e. The van der Waals surface area contributed by atoms with Crippen molar-refractivity contribution in [1.82, 2.24) is 19.7 Å². The predicted molar refractivity (Wildman–Crippen MR) is 110 cm³/mol. The number of aliphatic carboxylic acids is 1. The number of carboxylic acids is 1. The Bertz CT molecular complexity index is 1450. The normalized spacial score (nSPS) is 12.4. The highest BCUT2D eigenvalue weighted by Gasteiger charge is 2.45. The molecule has 3 heterocycles. The van der Waals surface area contributed by atoms with E-state index in [-0.39, 0.29) is 34.5 Å². The molecule has 0 bridgehead atoms. The van der Waals surface area contributed by atoms with Gasteiger partial charge >= 0.3 is 5.97 Å². The first-order valence-electron chi connectivity index (χ1n) is 9.78. The first-order chi connectivity index (χ1) is 15.5. The fourth-order valence-corrected chi connectivity index (χ4v) is 4.01. The van der Waals surface area contributed by atoms with Gasteiger partial charge in [0.05, 0.1) is 23.3 Å². The number of aromatic nitrogens is 4. The largest absolute Gasteiger partial charge is 0.481 e. The van der Waals surface area contributed by atoms with E-state index in [0.717, 1.165) is 12.1 Å². The summed E-state index contributed by atoms with van der Waals surface area (Å²) in [5, 5.41) is 25.4. The van der Waals surface area contributed by atoms with Gasteiger partial charge < -0.3 is 9.67 Å². The molecule has 1 aromatic carbocycles. The van der Waals surface area contributed by atoms with Gasteiger partial charge in [-0.1, -0.05) is 13.8 Å². The summed E-state index contributed by atoms with van der Waals surface area (Å²) in [4.78, 5) is 15.5. The van der Waals surface area contributed by atoms with Crippen LogP contribution < -0.4 is 0 Å². The van der Waals surface area contributed by atoms with Gasteiger partial charge in [-0.3, -0.25) is 9.89 Å². The molecule has 0 atom stereocenters. The maximum Gasteiger partial charge on any atom is 0.309 e. The van der Waals surface area contributed by atoms with Gasteiger partial charge in [-0.05, 0) is 18.2 Å². The van der Waals surface area contributed by atoms with E-state index in [0.29, 0.717) is 5.39 Å². The predicted octanol–water partition coefficient (Wildman–Crippen LogP) is 4.94. The summed E-state index contributed by atoms with van der Waals surface area (Å²) in [6.07, 6.45) is -0.329. The first kappa shape index (κ1) is 22.3. The number of nitriles is 1. The summed E-state index contributed by atoms with van der Waals surface area (Å²) in [7, 11) is 0. The number of pyridine rings is 1. The van der Waals surface area contributed by atoms with Crippen LogP contribution in [0.25, 0.3) is 27.8 Å². The van der Waals surface area contributed by atoms with Crippen LogP contribution in [-0.2, 0) is 16.1 Å². The Morgan fingerprint density at radius 3 is 2.61 bits per heavy atom. The van der Waals surface area contributed by atoms with E-state index >= 15 is 8.78 Å². The van der Waals surface area contributed by atoms with E-state index < -0.39 is 40.9 Å². The van der Waals surface area contributed by atoms with Crippen LogP contribution in [0.4, 0.5) is 17.6 Å². The summed E-state index contributed by atoms with van der Waals surface area (Å²) in [6.45, 7) is 3.07. The van der Waals surface area contributed by atoms with E-state index in [1.54, 1.807) is 0 Å². The van der Waals surface area contributed by atoms with Gasteiger partial charge in [0.15, 0.2) is 17.3 Å². The van der Waals surface area contributed by atoms with Crippen LogP contribution in [-0.4, -0.2) is 30.8 Å². The average Bonchev–Trinajstić information content (AvgIpc) is 3.29. The number of H-pyrrole nitrogens is 1. The fraction of sp³-hybridized carbons (Fsp3) is 0.273. The summed E-state index contributed by atoms with van der Waals surface area (Å²) in [6, 6.07) is 6.36. The number of aromatic amines is 1. The molecule has 170 valence electrons. The number of carbonyl (C=O) groups is 1. The third kappa shape index (κ3) is 3.67. The van der Waals surface area contributed by atoms with Crippen LogP contribution in [0.3, 0.4) is 0 Å². The summed E-state index contributed by atoms with van der Waals surface area (Å²) < 4.78 is 60.1. The van der Waals surface area contributed by atoms with Crippen LogP contribution in [0.2, 0.25) is 0 Å². The SMILES string of the molecule is CC(C)(CC#N)c1c(C(F)(F)CC(=O)O)c2nc3[nH]ncc3cc2n1-c1ccc(F)c(F)c1. The Morgan fingerprint density at radius 1 is 1.24 bits per heavy atom. The van der Waals surface area contributed by atoms with Crippen molar-refractivity contribution in [3.63, 3.8) is 0 Å². The average molecular weight is 459 g/mol. The fourth-order valence-electron chi connectivity index (χ4n) is 4.01. The number of benzene rings is 1. The third-order valence-corrected chi connectivity index (χ3v) is 5.41. The van der Waals surface area contributed by atoms with Gasteiger partial charge in [-0.15, -0.1) is 0 Å². The molecule has 3 aromatic heterocycles. The molecule has 0 unspecified atom stereocenters. The molecule has 4 aromatic rings. The van der Waals surface area contributed by atoms with Crippen molar-refractivity contribution in [2.24, 2.45) is 0 Å². The number of alkyl halides is 2. The van der Waals surface area contributed by atoms with E-state index in [9.17, 15) is 18.8 Å². The number of hydrogen-bond donors (Lipinski definition) is 2. The molecule has 0 saturated heterocycles. The molecule has 0 aliphatic heterocycles. The number of nitrogens with zero attached hydrogens (tertiary/aromatic N) is 4. The molecule has 33 heavy (non-hydrogen) atoms. The van der Waals surface area contributed by atoms with Crippen LogP contribution in [0, 0.1) is 23.0 Å². The van der Waals surface area contributed by atoms with Crippen LogP contribution >= 0.6 is 0 Å². The van der Waals surface area contributed by atoms with Crippen molar-refractivity contribution in [1.29, 1.82) is 5.26 Å². The van der Waals surface area contributed by atoms with Crippen molar-refractivity contribution in [3.8, 4) is 11.8 Å². The molecular weight excluding hydrogens is 442 g/mol. The number of carboxylic acid groups (broad SMARTS) is 1. The lowest BCUT2D eigenvalue weighted by Gasteiger charge is -2.28. The maximum atomic E-state index is 15.5. The standard InChI is InChI=1S/C22H17F4N5O2/c1-21(2,5-6-27)19-17(22(25,26)9-16(32)33)18-15(7-11-10-28-30-20(11)29-18)31(19)12-3-4-13(23)14(24)8-12/h3-4,7-8,10H,5,9H2,1-2H3,(H,32,33)(H,28,29,30). The monoisotopic (exact) mass is 459 g/mol. The van der Waals surface area contributed by atoms with Crippen molar-refractivity contribution in [3.05, 3.63) is 53.4 Å². The summed E-state index contributed by atoms with van der Waals surface area (Å²) >= 11 is 0. The van der Waals surface area contributed by atoms with Gasteiger partial charge in [0.1, 0.15) is 11.9 Å². The maximum absolute atomic E-state index is 15.5. The Balaban J connectivity index is 2.23. The Kier molecular flexibility index (Phi) is 5.11. The number of hydrogen-bond acceptors (Lipinski definition) is 4. The highest BCUT2D eigenvalue weighted by Crippen LogP contribution is 2.46. The Morgan fingerprint density at radius 2 is 1.97 bits per heavy atom. The zero-order valence-corrected chi connectivity index (χ0v) is 17.5. The van der Waals surface area contributed by atoms with Gasteiger partial charge in [0, 0.05) is 34.7 Å². The van der Waals surface area contributed by atoms with E-state index in [1.165, 1.54) is 36.7 Å². The van der Waals surface area contributed by atoms with Crippen molar-refractivity contribution >= 4 is 28.0 Å². The molecule has 11 heteroatoms. The minimum Gasteiger partial charge on any atom is -0.481 e. The van der Waals surface area contributed by atoms with E-state index in [1.807, 2.05) is 6.07 Å². The second-order valence-corrected chi connectivity index (χ2v) is 8.32. The number of nitrogens with one attached hydrogen (secondary N) is 1. The molecule has 0 fully saturated rings. The lowest BCUT2D eigenvalue weighted by atomic mass is 9.82. The molecule has 0 spiro atoms. The molecule has 4 rings (SSSR count). The topological polar surface area (TPSA) is 108 Å². The summed E-state index contributed by atoms with van der Waals surface area (Å²) in [5.41, 5.74) is -1.99. The summed E-state index contributed by atoms with van der Waals surface area (Å²) in [5.74, 6) is -7.95. The van der Waals surface area contributed by atoms with Crippen molar-refractivity contribution in [2.45, 2.75) is 38.0 Å². The number of rotatable bonds is 6. The second-order valence-electron chi connectivity index (χ2n) is 8.32. The molecular formula is C22H17F4N5O2. The number of halogens is 4. The molecule has 2 N–H and O–H groups in total. The van der Waals surface area contributed by atoms with Gasteiger partial charge in [0.2, 0.25) is 0 Å². The minimum absolute atomic E-state index is 0.0157. The Hall–Kier alpha value is -3.94. The molecule has 7 nitrogen and oxygen atoms in total. The molecule has 0 amide bonds. The van der Waals surface area contributed by atoms with Crippen molar-refractivity contribution < 1.29 is 27.5 Å². The highest BCUT2D eigenvalue weighted by atomic mass is 19.3. The zero-order chi connectivity index (χ0) is 24.1. The van der Waals surface area contributed by atoms with E-state index in [2.05, 4.69) is 15.2 Å². The van der Waals surface area contributed by atoms with Gasteiger partial charge in [0.25, 0.3) is 5.92 Å². The zero-order valence-electron chi connectivity index (χ0n) is 17.5. The minimum atomic E-state index is -3.89. The Labute approximate surface area is 184 Å². The van der Waals surface area contributed by atoms with Crippen LogP contribution in [0.5, 0.6) is 0 Å². The van der Waals surface area contributed by atoms with Gasteiger partial charge in [-0.25, -0.2) is 22.5 Å².